The van der Waals surface area contributed by atoms with Gasteiger partial charge in [0.25, 0.3) is 0 Å². The van der Waals surface area contributed by atoms with Crippen molar-refractivity contribution in [3.8, 4) is 0 Å². The fourth-order valence-corrected chi connectivity index (χ4v) is 5.00. The molecule has 0 aliphatic heterocycles. The van der Waals surface area contributed by atoms with Crippen LogP contribution in [0.25, 0.3) is 0 Å². The van der Waals surface area contributed by atoms with E-state index in [1.165, 1.54) is 6.42 Å². The van der Waals surface area contributed by atoms with Gasteiger partial charge < -0.3 is 0 Å². The van der Waals surface area contributed by atoms with Crippen LogP contribution in [0.15, 0.2) is 0 Å². The first-order valence-electron chi connectivity index (χ1n) is 6.86. The third-order valence-electron chi connectivity index (χ3n) is 5.55. The maximum Gasteiger partial charge on any atom is -0.0352 e. The monoisotopic (exact) mass is 192 g/mol. The van der Waals surface area contributed by atoms with E-state index in [0.29, 0.717) is 0 Å². The van der Waals surface area contributed by atoms with E-state index < -0.39 is 0 Å². The van der Waals surface area contributed by atoms with E-state index in [1.54, 1.807) is 44.9 Å². The van der Waals surface area contributed by atoms with Crippen molar-refractivity contribution in [2.45, 2.75) is 58.3 Å². The van der Waals surface area contributed by atoms with Crippen molar-refractivity contribution in [1.82, 2.24) is 0 Å². The molecule has 0 nitrogen and oxygen atoms in total. The molecule has 3 aliphatic carbocycles. The van der Waals surface area contributed by atoms with Crippen LogP contribution < -0.4 is 0 Å². The predicted octanol–water partition coefficient (Wildman–Crippen LogP) is 4.25. The highest BCUT2D eigenvalue weighted by atomic mass is 14.5. The van der Waals surface area contributed by atoms with Gasteiger partial charge in [0, 0.05) is 0 Å². The molecule has 0 N–H and O–H groups in total. The van der Waals surface area contributed by atoms with E-state index in [9.17, 15) is 0 Å². The third-order valence-corrected chi connectivity index (χ3v) is 5.55. The Hall–Kier alpha value is 0. The largest absolute Gasteiger partial charge is 0.0622 e. The smallest absolute Gasteiger partial charge is 0.0352 e. The molecule has 0 aromatic heterocycles. The van der Waals surface area contributed by atoms with Crippen molar-refractivity contribution >= 4 is 0 Å². The van der Waals surface area contributed by atoms with E-state index in [0.717, 1.165) is 29.6 Å². The summed E-state index contributed by atoms with van der Waals surface area (Å²) in [6, 6.07) is 0. The SMILES string of the molecule is CC1CC2CCCCC2C2CCCC12. The number of rotatable bonds is 0. The zero-order valence-electron chi connectivity index (χ0n) is 9.54. The van der Waals surface area contributed by atoms with Gasteiger partial charge >= 0.3 is 0 Å². The van der Waals surface area contributed by atoms with Crippen LogP contribution in [-0.4, -0.2) is 0 Å². The van der Waals surface area contributed by atoms with Crippen LogP contribution in [0.1, 0.15) is 58.3 Å². The molecule has 0 heterocycles. The van der Waals surface area contributed by atoms with Crippen LogP contribution in [0.2, 0.25) is 0 Å². The zero-order valence-corrected chi connectivity index (χ0v) is 9.54. The Bertz CT molecular complexity index is 208. The zero-order chi connectivity index (χ0) is 9.54. The topological polar surface area (TPSA) is 0 Å². The molecule has 0 heteroatoms. The van der Waals surface area contributed by atoms with Crippen LogP contribution in [0.3, 0.4) is 0 Å². The van der Waals surface area contributed by atoms with Gasteiger partial charge in [-0.2, -0.15) is 0 Å². The minimum Gasteiger partial charge on any atom is -0.0622 e. The lowest BCUT2D eigenvalue weighted by Gasteiger charge is -2.46. The molecule has 3 saturated carbocycles. The predicted molar refractivity (Wildman–Crippen MR) is 60.1 cm³/mol. The Labute approximate surface area is 88.5 Å². The standard InChI is InChI=1S/C14H24/c1-10-9-11-5-2-3-6-13(11)14-8-4-7-12(10)14/h10-14H,2-9H2,1H3. The van der Waals surface area contributed by atoms with Crippen molar-refractivity contribution in [3.63, 3.8) is 0 Å². The molecule has 5 unspecified atom stereocenters. The van der Waals surface area contributed by atoms with Crippen LogP contribution >= 0.6 is 0 Å². The molecule has 0 saturated heterocycles. The quantitative estimate of drug-likeness (QED) is 0.538. The van der Waals surface area contributed by atoms with Gasteiger partial charge in [-0.05, 0) is 55.3 Å². The molecule has 0 amide bonds. The lowest BCUT2D eigenvalue weighted by Crippen LogP contribution is -2.38. The molecule has 14 heavy (non-hydrogen) atoms. The van der Waals surface area contributed by atoms with E-state index >= 15 is 0 Å². The molecule has 0 spiro atoms. The fourth-order valence-electron chi connectivity index (χ4n) is 5.00. The van der Waals surface area contributed by atoms with Crippen molar-refractivity contribution < 1.29 is 0 Å². The van der Waals surface area contributed by atoms with Gasteiger partial charge in [0.15, 0.2) is 0 Å². The Kier molecular flexibility index (Phi) is 2.34. The van der Waals surface area contributed by atoms with Crippen LogP contribution in [-0.2, 0) is 0 Å². The molecule has 0 aromatic rings. The lowest BCUT2D eigenvalue weighted by molar-refractivity contribution is 0.0350. The molecule has 0 aromatic carbocycles. The summed E-state index contributed by atoms with van der Waals surface area (Å²) < 4.78 is 0. The first kappa shape index (κ1) is 9.24. The number of hydrogen-bond donors (Lipinski definition) is 0. The van der Waals surface area contributed by atoms with E-state index in [4.69, 9.17) is 0 Å². The van der Waals surface area contributed by atoms with Crippen LogP contribution in [0.5, 0.6) is 0 Å². The van der Waals surface area contributed by atoms with Gasteiger partial charge in [0.2, 0.25) is 0 Å². The van der Waals surface area contributed by atoms with E-state index in [1.807, 2.05) is 0 Å². The van der Waals surface area contributed by atoms with Crippen LogP contribution in [0, 0.1) is 29.6 Å². The van der Waals surface area contributed by atoms with Gasteiger partial charge in [-0.3, -0.25) is 0 Å². The fraction of sp³-hybridized carbons (Fsp3) is 1.00. The maximum absolute atomic E-state index is 2.54. The number of fused-ring (bicyclic) bond motifs is 3. The molecule has 5 atom stereocenters. The number of hydrogen-bond acceptors (Lipinski definition) is 0. The summed E-state index contributed by atoms with van der Waals surface area (Å²) in [6.45, 7) is 2.54. The first-order valence-corrected chi connectivity index (χ1v) is 6.86. The molecular formula is C14H24. The molecule has 3 fully saturated rings. The highest BCUT2D eigenvalue weighted by Gasteiger charge is 2.45. The maximum atomic E-state index is 2.54. The summed E-state index contributed by atoms with van der Waals surface area (Å²) in [4.78, 5) is 0. The second-order valence-electron chi connectivity index (χ2n) is 6.18. The summed E-state index contributed by atoms with van der Waals surface area (Å²) in [7, 11) is 0. The van der Waals surface area contributed by atoms with Crippen molar-refractivity contribution in [1.29, 1.82) is 0 Å². The second-order valence-corrected chi connectivity index (χ2v) is 6.18. The average Bonchev–Trinajstić information content (AvgIpc) is 2.67. The van der Waals surface area contributed by atoms with Crippen molar-refractivity contribution in [2.75, 3.05) is 0 Å². The van der Waals surface area contributed by atoms with E-state index in [2.05, 4.69) is 6.92 Å². The minimum absolute atomic E-state index is 1.06. The van der Waals surface area contributed by atoms with Gasteiger partial charge in [0.1, 0.15) is 0 Å². The summed E-state index contributed by atoms with van der Waals surface area (Å²) in [5.41, 5.74) is 0. The van der Waals surface area contributed by atoms with Gasteiger partial charge in [-0.25, -0.2) is 0 Å². The Balaban J connectivity index is 1.80. The van der Waals surface area contributed by atoms with Gasteiger partial charge in [-0.1, -0.05) is 32.6 Å². The second kappa shape index (κ2) is 3.54. The lowest BCUT2D eigenvalue weighted by atomic mass is 9.59. The molecule has 80 valence electrons. The van der Waals surface area contributed by atoms with Crippen LogP contribution in [0.4, 0.5) is 0 Å². The Morgan fingerprint density at radius 1 is 0.714 bits per heavy atom. The third kappa shape index (κ3) is 1.33. The van der Waals surface area contributed by atoms with Crippen molar-refractivity contribution in [2.24, 2.45) is 29.6 Å². The molecule has 3 aliphatic rings. The summed E-state index contributed by atoms with van der Waals surface area (Å²) in [5, 5.41) is 0. The first-order chi connectivity index (χ1) is 6.86. The highest BCUT2D eigenvalue weighted by molar-refractivity contribution is 4.95. The average molecular weight is 192 g/mol. The Morgan fingerprint density at radius 3 is 2.36 bits per heavy atom. The minimum atomic E-state index is 1.06. The highest BCUT2D eigenvalue weighted by Crippen LogP contribution is 2.54. The summed E-state index contributed by atoms with van der Waals surface area (Å²) in [5.74, 6) is 5.64. The summed E-state index contributed by atoms with van der Waals surface area (Å²) >= 11 is 0. The molecule has 0 radical (unpaired) electrons. The van der Waals surface area contributed by atoms with Crippen molar-refractivity contribution in [3.05, 3.63) is 0 Å². The Morgan fingerprint density at radius 2 is 1.43 bits per heavy atom. The van der Waals surface area contributed by atoms with E-state index in [-0.39, 0.29) is 0 Å². The van der Waals surface area contributed by atoms with Gasteiger partial charge in [0.05, 0.1) is 0 Å². The molecular weight excluding hydrogens is 168 g/mol. The normalized spacial score (nSPS) is 52.5. The summed E-state index contributed by atoms with van der Waals surface area (Å²) in [6.07, 6.45) is 12.5. The molecule has 3 rings (SSSR count). The molecule has 0 bridgehead atoms. The van der Waals surface area contributed by atoms with Gasteiger partial charge in [-0.15, -0.1) is 0 Å².